The van der Waals surface area contributed by atoms with E-state index >= 15 is 0 Å². The first-order valence-corrected chi connectivity index (χ1v) is 6.92. The molecule has 0 amide bonds. The number of rotatable bonds is 12. The Balaban J connectivity index is 4.84. The van der Waals surface area contributed by atoms with Gasteiger partial charge < -0.3 is 14.6 Å². The third-order valence-corrected chi connectivity index (χ3v) is 2.88. The fraction of sp³-hybridized carbons (Fsp3) is 0.786. The van der Waals surface area contributed by atoms with Crippen LogP contribution in [0.25, 0.3) is 0 Å². The number of ketones is 2. The Labute approximate surface area is 119 Å². The Morgan fingerprint density at radius 1 is 1.05 bits per heavy atom. The summed E-state index contributed by atoms with van der Waals surface area (Å²) in [5, 5.41) is 9.24. The van der Waals surface area contributed by atoms with Crippen LogP contribution in [0.2, 0.25) is 0 Å². The SMILES string of the molecule is CCCCOCC(=O)C(OCCCC)(C(C)=O)C(=O)O. The van der Waals surface area contributed by atoms with Gasteiger partial charge in [0.2, 0.25) is 5.78 Å². The van der Waals surface area contributed by atoms with Crippen LogP contribution >= 0.6 is 0 Å². The molecule has 0 aliphatic carbocycles. The monoisotopic (exact) mass is 288 g/mol. The van der Waals surface area contributed by atoms with Gasteiger partial charge in [0.05, 0.1) is 0 Å². The third kappa shape index (κ3) is 5.02. The molecule has 0 aliphatic heterocycles. The molecule has 0 fully saturated rings. The second kappa shape index (κ2) is 9.61. The summed E-state index contributed by atoms with van der Waals surface area (Å²) < 4.78 is 10.2. The summed E-state index contributed by atoms with van der Waals surface area (Å²) >= 11 is 0. The normalized spacial score (nSPS) is 13.8. The van der Waals surface area contributed by atoms with Gasteiger partial charge in [-0.2, -0.15) is 0 Å². The zero-order valence-corrected chi connectivity index (χ0v) is 12.4. The van der Waals surface area contributed by atoms with Crippen molar-refractivity contribution in [2.45, 2.75) is 52.1 Å². The average Bonchev–Trinajstić information content (AvgIpc) is 2.38. The smallest absolute Gasteiger partial charge is 0.351 e. The molecule has 0 saturated heterocycles. The zero-order chi connectivity index (χ0) is 15.6. The van der Waals surface area contributed by atoms with E-state index in [1.807, 2.05) is 13.8 Å². The largest absolute Gasteiger partial charge is 0.478 e. The van der Waals surface area contributed by atoms with Gasteiger partial charge in [0.25, 0.3) is 5.60 Å². The van der Waals surface area contributed by atoms with Crippen molar-refractivity contribution in [2.75, 3.05) is 19.8 Å². The van der Waals surface area contributed by atoms with Crippen molar-refractivity contribution in [3.05, 3.63) is 0 Å². The quantitative estimate of drug-likeness (QED) is 0.433. The number of carboxylic acid groups (broad SMARTS) is 1. The Kier molecular flexibility index (Phi) is 9.00. The predicted molar refractivity (Wildman–Crippen MR) is 72.6 cm³/mol. The van der Waals surface area contributed by atoms with E-state index in [9.17, 15) is 19.5 Å². The molecule has 116 valence electrons. The summed E-state index contributed by atoms with van der Waals surface area (Å²) in [7, 11) is 0. The van der Waals surface area contributed by atoms with E-state index in [1.54, 1.807) is 0 Å². The highest BCUT2D eigenvalue weighted by molar-refractivity contribution is 6.25. The van der Waals surface area contributed by atoms with E-state index in [4.69, 9.17) is 9.47 Å². The summed E-state index contributed by atoms with van der Waals surface area (Å²) in [5.74, 6) is -3.26. The van der Waals surface area contributed by atoms with Crippen LogP contribution in [0.15, 0.2) is 0 Å². The van der Waals surface area contributed by atoms with Crippen molar-refractivity contribution in [3.63, 3.8) is 0 Å². The highest BCUT2D eigenvalue weighted by Gasteiger charge is 2.51. The van der Waals surface area contributed by atoms with Crippen LogP contribution in [-0.4, -0.2) is 48.1 Å². The average molecular weight is 288 g/mol. The van der Waals surface area contributed by atoms with Gasteiger partial charge in [-0.1, -0.05) is 26.7 Å². The topological polar surface area (TPSA) is 89.9 Å². The molecule has 0 bridgehead atoms. The molecule has 1 N–H and O–H groups in total. The molecular weight excluding hydrogens is 264 g/mol. The van der Waals surface area contributed by atoms with E-state index in [0.29, 0.717) is 13.0 Å². The van der Waals surface area contributed by atoms with E-state index in [0.717, 1.165) is 26.2 Å². The molecule has 6 heteroatoms. The summed E-state index contributed by atoms with van der Waals surface area (Å²) in [6.45, 7) is 4.88. The molecule has 1 atom stereocenters. The molecule has 0 aliphatic rings. The van der Waals surface area contributed by atoms with Gasteiger partial charge in [-0.25, -0.2) is 4.79 Å². The molecule has 0 aromatic carbocycles. The molecule has 6 nitrogen and oxygen atoms in total. The molecular formula is C14H24O6. The lowest BCUT2D eigenvalue weighted by molar-refractivity contribution is -0.178. The maximum absolute atomic E-state index is 12.1. The molecule has 0 aromatic rings. The van der Waals surface area contributed by atoms with Crippen molar-refractivity contribution in [3.8, 4) is 0 Å². The maximum Gasteiger partial charge on any atom is 0.351 e. The zero-order valence-electron chi connectivity index (χ0n) is 12.4. The highest BCUT2D eigenvalue weighted by atomic mass is 16.5. The van der Waals surface area contributed by atoms with Gasteiger partial charge in [-0.3, -0.25) is 9.59 Å². The van der Waals surface area contributed by atoms with E-state index in [2.05, 4.69) is 0 Å². The molecule has 0 rings (SSSR count). The Morgan fingerprint density at radius 2 is 1.60 bits per heavy atom. The molecule has 1 unspecified atom stereocenters. The van der Waals surface area contributed by atoms with Crippen molar-refractivity contribution >= 4 is 17.5 Å². The van der Waals surface area contributed by atoms with Crippen LogP contribution in [0.1, 0.15) is 46.5 Å². The van der Waals surface area contributed by atoms with Gasteiger partial charge >= 0.3 is 5.97 Å². The van der Waals surface area contributed by atoms with E-state index in [1.165, 1.54) is 0 Å². The van der Waals surface area contributed by atoms with Crippen LogP contribution in [0.3, 0.4) is 0 Å². The minimum Gasteiger partial charge on any atom is -0.478 e. The van der Waals surface area contributed by atoms with Crippen LogP contribution in [0.4, 0.5) is 0 Å². The minimum absolute atomic E-state index is 0.0447. The van der Waals surface area contributed by atoms with Crippen molar-refractivity contribution in [2.24, 2.45) is 0 Å². The minimum atomic E-state index is -2.43. The van der Waals surface area contributed by atoms with Crippen molar-refractivity contribution in [1.29, 1.82) is 0 Å². The summed E-state index contributed by atoms with van der Waals surface area (Å²) in [4.78, 5) is 35.1. The number of aliphatic carboxylic acids is 1. The number of hydrogen-bond acceptors (Lipinski definition) is 5. The molecule has 0 spiro atoms. The molecule has 0 heterocycles. The number of Topliss-reactive ketones (excluding diaryl/α,β-unsaturated/α-hetero) is 2. The number of ether oxygens (including phenoxy) is 2. The second-order valence-electron chi connectivity index (χ2n) is 4.57. The van der Waals surface area contributed by atoms with Crippen molar-refractivity contribution < 1.29 is 29.0 Å². The fourth-order valence-corrected chi connectivity index (χ4v) is 1.59. The highest BCUT2D eigenvalue weighted by Crippen LogP contribution is 2.17. The second-order valence-corrected chi connectivity index (χ2v) is 4.57. The van der Waals surface area contributed by atoms with Crippen LogP contribution in [-0.2, 0) is 23.9 Å². The molecule has 0 aromatic heterocycles. The first-order chi connectivity index (χ1) is 9.43. The van der Waals surface area contributed by atoms with Crippen molar-refractivity contribution in [1.82, 2.24) is 0 Å². The van der Waals surface area contributed by atoms with E-state index < -0.39 is 29.7 Å². The van der Waals surface area contributed by atoms with Gasteiger partial charge in [0, 0.05) is 13.2 Å². The van der Waals surface area contributed by atoms with Gasteiger partial charge in [0.1, 0.15) is 6.61 Å². The standard InChI is InChI=1S/C14H24O6/c1-4-6-8-19-10-12(16)14(11(3)15,13(17)18)20-9-7-5-2/h4-10H2,1-3H3,(H,17,18). The first kappa shape index (κ1) is 18.7. The lowest BCUT2D eigenvalue weighted by Gasteiger charge is -2.25. The molecule has 20 heavy (non-hydrogen) atoms. The number of unbranched alkanes of at least 4 members (excludes halogenated alkanes) is 2. The number of carbonyl (C=O) groups is 3. The van der Waals surface area contributed by atoms with Gasteiger partial charge in [0.15, 0.2) is 5.78 Å². The van der Waals surface area contributed by atoms with E-state index in [-0.39, 0.29) is 6.61 Å². The Hall–Kier alpha value is -1.27. The van der Waals surface area contributed by atoms with Crippen LogP contribution in [0, 0.1) is 0 Å². The summed E-state index contributed by atoms with van der Waals surface area (Å²) in [5.41, 5.74) is -2.43. The van der Waals surface area contributed by atoms with Crippen LogP contribution < -0.4 is 0 Å². The molecule has 0 radical (unpaired) electrons. The number of hydrogen-bond donors (Lipinski definition) is 1. The fourth-order valence-electron chi connectivity index (χ4n) is 1.59. The van der Waals surface area contributed by atoms with Gasteiger partial charge in [-0.05, 0) is 19.8 Å². The summed E-state index contributed by atoms with van der Waals surface area (Å²) in [6.07, 6.45) is 3.02. The summed E-state index contributed by atoms with van der Waals surface area (Å²) in [6, 6.07) is 0. The number of carbonyl (C=O) groups excluding carboxylic acids is 2. The number of carboxylic acids is 1. The predicted octanol–water partition coefficient (Wildman–Crippen LogP) is 1.60. The van der Waals surface area contributed by atoms with Crippen LogP contribution in [0.5, 0.6) is 0 Å². The Morgan fingerprint density at radius 3 is 2.05 bits per heavy atom. The lowest BCUT2D eigenvalue weighted by Crippen LogP contribution is -2.56. The first-order valence-electron chi connectivity index (χ1n) is 6.92. The Bertz CT molecular complexity index is 323. The maximum atomic E-state index is 12.1. The molecule has 0 saturated carbocycles. The van der Waals surface area contributed by atoms with Gasteiger partial charge in [-0.15, -0.1) is 0 Å². The third-order valence-electron chi connectivity index (χ3n) is 2.88. The lowest BCUT2D eigenvalue weighted by atomic mass is 9.94.